The van der Waals surface area contributed by atoms with E-state index in [0.29, 0.717) is 35.3 Å². The van der Waals surface area contributed by atoms with Gasteiger partial charge in [-0.25, -0.2) is 0 Å². The number of nitriles is 1. The van der Waals surface area contributed by atoms with Crippen LogP contribution in [0.5, 0.6) is 0 Å². The van der Waals surface area contributed by atoms with E-state index in [1.807, 2.05) is 31.2 Å². The van der Waals surface area contributed by atoms with Gasteiger partial charge in [0.2, 0.25) is 5.89 Å². The second-order valence-electron chi connectivity index (χ2n) is 4.52. The Morgan fingerprint density at radius 2 is 2.35 bits per heavy atom. The molecule has 1 atom stereocenters. The fourth-order valence-electron chi connectivity index (χ4n) is 1.66. The maximum atomic E-state index is 8.62. The summed E-state index contributed by atoms with van der Waals surface area (Å²) in [5.74, 6) is 2.12. The number of nitrogens with zero attached hydrogens (tertiary/aromatic N) is 3. The van der Waals surface area contributed by atoms with E-state index in [1.165, 1.54) is 0 Å². The lowest BCUT2D eigenvalue weighted by Gasteiger charge is -2.00. The molecule has 0 aliphatic carbocycles. The van der Waals surface area contributed by atoms with Gasteiger partial charge in [0, 0.05) is 22.8 Å². The third kappa shape index (κ3) is 4.55. The SMILES string of the molecule is CC(CC#N)Cc1nc(CSc2cccc(Cl)c2)no1. The number of rotatable bonds is 6. The molecule has 6 heteroatoms. The lowest BCUT2D eigenvalue weighted by atomic mass is 10.1. The predicted octanol–water partition coefficient (Wildman–Crippen LogP) is 4.11. The van der Waals surface area contributed by atoms with Crippen LogP contribution in [0.15, 0.2) is 33.7 Å². The van der Waals surface area contributed by atoms with Gasteiger partial charge >= 0.3 is 0 Å². The zero-order chi connectivity index (χ0) is 14.4. The van der Waals surface area contributed by atoms with Crippen molar-refractivity contribution in [3.8, 4) is 6.07 Å². The van der Waals surface area contributed by atoms with E-state index < -0.39 is 0 Å². The molecule has 0 saturated carbocycles. The summed E-state index contributed by atoms with van der Waals surface area (Å²) in [5, 5.41) is 13.3. The highest BCUT2D eigenvalue weighted by Gasteiger charge is 2.11. The normalized spacial score (nSPS) is 12.1. The van der Waals surface area contributed by atoms with Crippen LogP contribution in [0, 0.1) is 17.2 Å². The molecule has 20 heavy (non-hydrogen) atoms. The summed E-state index contributed by atoms with van der Waals surface area (Å²) in [5.41, 5.74) is 0. The van der Waals surface area contributed by atoms with E-state index in [4.69, 9.17) is 21.4 Å². The molecule has 0 aliphatic rings. The quantitative estimate of drug-likeness (QED) is 0.752. The monoisotopic (exact) mass is 307 g/mol. The standard InChI is InChI=1S/C14H14ClN3OS/c1-10(5-6-16)7-14-17-13(18-19-14)9-20-12-4-2-3-11(15)8-12/h2-4,8,10H,5,7,9H2,1H3. The van der Waals surface area contributed by atoms with Gasteiger partial charge in [0.05, 0.1) is 11.8 Å². The van der Waals surface area contributed by atoms with Crippen molar-refractivity contribution < 1.29 is 4.52 Å². The van der Waals surface area contributed by atoms with Crippen LogP contribution in [0.3, 0.4) is 0 Å². The maximum Gasteiger partial charge on any atom is 0.226 e. The van der Waals surface area contributed by atoms with Crippen LogP contribution in [0.2, 0.25) is 5.02 Å². The lowest BCUT2D eigenvalue weighted by molar-refractivity contribution is 0.356. The zero-order valence-corrected chi connectivity index (χ0v) is 12.6. The molecule has 1 unspecified atom stereocenters. The molecule has 2 rings (SSSR count). The molecule has 0 amide bonds. The van der Waals surface area contributed by atoms with Crippen molar-refractivity contribution in [2.75, 3.05) is 0 Å². The van der Waals surface area contributed by atoms with Gasteiger partial charge in [-0.1, -0.05) is 29.7 Å². The van der Waals surface area contributed by atoms with Gasteiger partial charge < -0.3 is 4.52 Å². The van der Waals surface area contributed by atoms with Gasteiger partial charge in [-0.3, -0.25) is 0 Å². The molecule has 0 fully saturated rings. The van der Waals surface area contributed by atoms with Crippen molar-refractivity contribution in [3.05, 3.63) is 41.0 Å². The van der Waals surface area contributed by atoms with E-state index in [9.17, 15) is 0 Å². The molecular formula is C14H14ClN3OS. The minimum Gasteiger partial charge on any atom is -0.339 e. The second kappa shape index (κ2) is 7.32. The van der Waals surface area contributed by atoms with Crippen LogP contribution in [0.25, 0.3) is 0 Å². The molecule has 0 N–H and O–H groups in total. The first-order valence-electron chi connectivity index (χ1n) is 6.24. The number of aromatic nitrogens is 2. The molecule has 0 spiro atoms. The van der Waals surface area contributed by atoms with Crippen LogP contribution in [-0.4, -0.2) is 10.1 Å². The Kier molecular flexibility index (Phi) is 5.45. The summed E-state index contributed by atoms with van der Waals surface area (Å²) in [6.45, 7) is 1.99. The molecule has 104 valence electrons. The van der Waals surface area contributed by atoms with Gasteiger partial charge in [-0.05, 0) is 24.1 Å². The number of thioether (sulfide) groups is 1. The topological polar surface area (TPSA) is 62.7 Å². The van der Waals surface area contributed by atoms with Gasteiger partial charge in [0.25, 0.3) is 0 Å². The van der Waals surface area contributed by atoms with Crippen molar-refractivity contribution in [2.24, 2.45) is 5.92 Å². The highest BCUT2D eigenvalue weighted by atomic mass is 35.5. The number of halogens is 1. The van der Waals surface area contributed by atoms with E-state index in [2.05, 4.69) is 16.2 Å². The summed E-state index contributed by atoms with van der Waals surface area (Å²) >= 11 is 7.54. The smallest absolute Gasteiger partial charge is 0.226 e. The fourth-order valence-corrected chi connectivity index (χ4v) is 2.72. The highest BCUT2D eigenvalue weighted by Crippen LogP contribution is 2.24. The lowest BCUT2D eigenvalue weighted by Crippen LogP contribution is -1.98. The summed E-state index contributed by atoms with van der Waals surface area (Å²) in [7, 11) is 0. The Hall–Kier alpha value is -1.51. The first-order valence-corrected chi connectivity index (χ1v) is 7.60. The van der Waals surface area contributed by atoms with E-state index in [-0.39, 0.29) is 5.92 Å². The first kappa shape index (κ1) is 14.9. The molecule has 0 bridgehead atoms. The summed E-state index contributed by atoms with van der Waals surface area (Å²) in [6, 6.07) is 9.79. The average molecular weight is 308 g/mol. The molecule has 0 aliphatic heterocycles. The minimum atomic E-state index is 0.230. The molecule has 1 heterocycles. The average Bonchev–Trinajstić information content (AvgIpc) is 2.84. The third-order valence-corrected chi connectivity index (χ3v) is 3.86. The number of benzene rings is 1. The van der Waals surface area contributed by atoms with Gasteiger partial charge in [0.15, 0.2) is 5.82 Å². The Bertz CT molecular complexity index is 608. The number of hydrogen-bond acceptors (Lipinski definition) is 5. The van der Waals surface area contributed by atoms with Crippen LogP contribution in [0.1, 0.15) is 25.1 Å². The fraction of sp³-hybridized carbons (Fsp3) is 0.357. The van der Waals surface area contributed by atoms with Crippen molar-refractivity contribution in [2.45, 2.75) is 30.4 Å². The largest absolute Gasteiger partial charge is 0.339 e. The highest BCUT2D eigenvalue weighted by molar-refractivity contribution is 7.98. The number of hydrogen-bond donors (Lipinski definition) is 0. The molecule has 0 radical (unpaired) electrons. The summed E-state index contributed by atoms with van der Waals surface area (Å²) in [4.78, 5) is 5.40. The van der Waals surface area contributed by atoms with E-state index in [1.54, 1.807) is 11.8 Å². The van der Waals surface area contributed by atoms with Crippen molar-refractivity contribution in [3.63, 3.8) is 0 Å². The Morgan fingerprint density at radius 1 is 1.50 bits per heavy atom. The van der Waals surface area contributed by atoms with Gasteiger partial charge in [-0.2, -0.15) is 10.2 Å². The van der Waals surface area contributed by atoms with E-state index >= 15 is 0 Å². The maximum absolute atomic E-state index is 8.62. The van der Waals surface area contributed by atoms with Crippen LogP contribution in [-0.2, 0) is 12.2 Å². The van der Waals surface area contributed by atoms with Gasteiger partial charge in [0.1, 0.15) is 0 Å². The van der Waals surface area contributed by atoms with Gasteiger partial charge in [-0.15, -0.1) is 11.8 Å². The van der Waals surface area contributed by atoms with Crippen LogP contribution < -0.4 is 0 Å². The van der Waals surface area contributed by atoms with Crippen molar-refractivity contribution in [1.29, 1.82) is 5.26 Å². The predicted molar refractivity (Wildman–Crippen MR) is 78.4 cm³/mol. The van der Waals surface area contributed by atoms with E-state index in [0.717, 1.165) is 4.90 Å². The molecule has 2 aromatic rings. The summed E-state index contributed by atoms with van der Waals surface area (Å²) < 4.78 is 5.18. The van der Waals surface area contributed by atoms with Crippen LogP contribution >= 0.6 is 23.4 Å². The molecule has 0 saturated heterocycles. The van der Waals surface area contributed by atoms with Crippen molar-refractivity contribution in [1.82, 2.24) is 10.1 Å². The zero-order valence-electron chi connectivity index (χ0n) is 11.0. The Labute approximate surface area is 127 Å². The minimum absolute atomic E-state index is 0.230. The Balaban J connectivity index is 1.88. The Morgan fingerprint density at radius 3 is 3.10 bits per heavy atom. The first-order chi connectivity index (χ1) is 9.67. The summed E-state index contributed by atoms with van der Waals surface area (Å²) in [6.07, 6.45) is 1.14. The molecule has 1 aromatic heterocycles. The molecular weight excluding hydrogens is 294 g/mol. The second-order valence-corrected chi connectivity index (χ2v) is 6.01. The molecule has 4 nitrogen and oxygen atoms in total. The van der Waals surface area contributed by atoms with Crippen molar-refractivity contribution >= 4 is 23.4 Å². The third-order valence-electron chi connectivity index (χ3n) is 2.64. The van der Waals surface area contributed by atoms with Crippen LogP contribution in [0.4, 0.5) is 0 Å². The molecule has 1 aromatic carbocycles.